The summed E-state index contributed by atoms with van der Waals surface area (Å²) in [6.45, 7) is 4.64. The summed E-state index contributed by atoms with van der Waals surface area (Å²) >= 11 is 0. The Hall–Kier alpha value is -2.88. The molecule has 1 heterocycles. The van der Waals surface area contributed by atoms with E-state index in [4.69, 9.17) is 0 Å². The van der Waals surface area contributed by atoms with Gasteiger partial charge in [-0.25, -0.2) is 13.1 Å². The third-order valence-electron chi connectivity index (χ3n) is 6.77. The molecule has 3 aromatic carbocycles. The van der Waals surface area contributed by atoms with Crippen molar-refractivity contribution < 1.29 is 26.5 Å². The lowest BCUT2D eigenvalue weighted by molar-refractivity contribution is -0.958. The fraction of sp³-hybridized carbons (Fsp3) is 0.308. The van der Waals surface area contributed by atoms with Gasteiger partial charge in [0.2, 0.25) is 10.0 Å². The van der Waals surface area contributed by atoms with Crippen LogP contribution in [0.1, 0.15) is 18.1 Å². The molecule has 0 radical (unpaired) electrons. The van der Waals surface area contributed by atoms with E-state index in [1.165, 1.54) is 17.0 Å². The second-order valence-electron chi connectivity index (χ2n) is 8.97. The Morgan fingerprint density at radius 3 is 2.03 bits per heavy atom. The van der Waals surface area contributed by atoms with Crippen LogP contribution in [-0.4, -0.2) is 41.1 Å². The number of halogens is 3. The van der Waals surface area contributed by atoms with Crippen molar-refractivity contribution >= 4 is 15.7 Å². The van der Waals surface area contributed by atoms with Gasteiger partial charge in [0.1, 0.15) is 5.54 Å². The number of benzene rings is 3. The molecule has 2 N–H and O–H groups in total. The van der Waals surface area contributed by atoms with Crippen LogP contribution in [0.5, 0.6) is 0 Å². The summed E-state index contributed by atoms with van der Waals surface area (Å²) in [4.78, 5) is 3.33. The largest absolute Gasteiger partial charge is 0.416 e. The molecule has 4 rings (SSSR count). The van der Waals surface area contributed by atoms with Crippen LogP contribution < -0.4 is 14.5 Å². The lowest BCUT2D eigenvalue weighted by Gasteiger charge is -2.44. The lowest BCUT2D eigenvalue weighted by atomic mass is 9.89. The van der Waals surface area contributed by atoms with Crippen molar-refractivity contribution in [3.05, 3.63) is 96.1 Å². The fourth-order valence-corrected chi connectivity index (χ4v) is 5.79. The normalized spacial score (nSPS) is 17.2. The molecule has 35 heavy (non-hydrogen) atoms. The van der Waals surface area contributed by atoms with Gasteiger partial charge in [0.25, 0.3) is 0 Å². The summed E-state index contributed by atoms with van der Waals surface area (Å²) < 4.78 is 68.1. The van der Waals surface area contributed by atoms with Crippen LogP contribution in [-0.2, 0) is 21.7 Å². The van der Waals surface area contributed by atoms with Gasteiger partial charge in [0.05, 0.1) is 43.2 Å². The maximum absolute atomic E-state index is 13.2. The molecule has 9 heteroatoms. The van der Waals surface area contributed by atoms with Crippen molar-refractivity contribution in [2.45, 2.75) is 23.5 Å². The summed E-state index contributed by atoms with van der Waals surface area (Å²) in [5, 5.41) is 0. The predicted molar refractivity (Wildman–Crippen MR) is 130 cm³/mol. The quantitative estimate of drug-likeness (QED) is 0.519. The summed E-state index contributed by atoms with van der Waals surface area (Å²) in [6.07, 6.45) is -4.38. The molecule has 1 saturated heterocycles. The molecule has 0 spiro atoms. The first-order chi connectivity index (χ1) is 16.6. The van der Waals surface area contributed by atoms with E-state index in [9.17, 15) is 21.6 Å². The van der Waals surface area contributed by atoms with Crippen LogP contribution in [0.4, 0.5) is 18.9 Å². The Bertz CT molecular complexity index is 1230. The maximum Gasteiger partial charge on any atom is 0.416 e. The number of hydrogen-bond donors (Lipinski definition) is 2. The van der Waals surface area contributed by atoms with Crippen LogP contribution in [0.2, 0.25) is 0 Å². The molecule has 3 aromatic rings. The second kappa shape index (κ2) is 10.0. The molecule has 5 nitrogen and oxygen atoms in total. The van der Waals surface area contributed by atoms with Crippen molar-refractivity contribution in [2.24, 2.45) is 0 Å². The Kier molecular flexibility index (Phi) is 7.21. The lowest BCUT2D eigenvalue weighted by Crippen LogP contribution is -3.21. The number of nitrogens with one attached hydrogen (secondary N) is 2. The Labute approximate surface area is 204 Å². The van der Waals surface area contributed by atoms with Crippen LogP contribution in [0.3, 0.4) is 0 Å². The molecule has 0 unspecified atom stereocenters. The predicted octanol–water partition coefficient (Wildman–Crippen LogP) is 3.30. The Morgan fingerprint density at radius 2 is 1.43 bits per heavy atom. The molecule has 1 fully saturated rings. The number of sulfonamides is 1. The Morgan fingerprint density at radius 1 is 0.857 bits per heavy atom. The van der Waals surface area contributed by atoms with Crippen LogP contribution in [0.25, 0.3) is 0 Å². The van der Waals surface area contributed by atoms with Crippen LogP contribution in [0, 0.1) is 0 Å². The number of hydrogen-bond acceptors (Lipinski definition) is 3. The molecule has 1 atom stereocenters. The highest BCUT2D eigenvalue weighted by molar-refractivity contribution is 7.89. The highest BCUT2D eigenvalue weighted by atomic mass is 32.2. The highest BCUT2D eigenvalue weighted by Crippen LogP contribution is 2.31. The number of alkyl halides is 3. The molecule has 186 valence electrons. The van der Waals surface area contributed by atoms with E-state index >= 15 is 0 Å². The van der Waals surface area contributed by atoms with E-state index in [2.05, 4.69) is 4.72 Å². The molecule has 0 bridgehead atoms. The van der Waals surface area contributed by atoms with E-state index in [1.54, 1.807) is 36.4 Å². The van der Waals surface area contributed by atoms with Gasteiger partial charge in [-0.05, 0) is 37.3 Å². The summed E-state index contributed by atoms with van der Waals surface area (Å²) in [5.74, 6) is 0. The van der Waals surface area contributed by atoms with E-state index < -0.39 is 27.3 Å². The van der Waals surface area contributed by atoms with Gasteiger partial charge in [-0.2, -0.15) is 13.2 Å². The first kappa shape index (κ1) is 25.2. The SMILES string of the molecule is C[C@](CNS(=O)(=O)c1ccccc1)(c1ccccc1)[NH+]1CCN(c2cccc(C(F)(F)F)c2)CC1. The number of anilines is 1. The van der Waals surface area contributed by atoms with Gasteiger partial charge in [-0.1, -0.05) is 54.6 Å². The van der Waals surface area contributed by atoms with Crippen molar-refractivity contribution in [3.63, 3.8) is 0 Å². The summed E-state index contributed by atoms with van der Waals surface area (Å²) in [7, 11) is -3.69. The third-order valence-corrected chi connectivity index (χ3v) is 8.18. The van der Waals surface area contributed by atoms with Gasteiger partial charge in [0.15, 0.2) is 0 Å². The standard InChI is InChI=1S/C26H28F3N3O2S/c1-25(21-9-4-2-5-10-21,20-30-35(33,34)24-13-6-3-7-14-24)32-17-15-31(16-18-32)23-12-8-11-22(19-23)26(27,28)29/h2-14,19,30H,15-18,20H2,1H3/p+1/t25-/m0/s1. The first-order valence-electron chi connectivity index (χ1n) is 11.5. The van der Waals surface area contributed by atoms with Gasteiger partial charge >= 0.3 is 6.18 Å². The average molecular weight is 505 g/mol. The first-order valence-corrected chi connectivity index (χ1v) is 13.0. The van der Waals surface area contributed by atoms with E-state index in [-0.39, 0.29) is 11.4 Å². The molecule has 0 aromatic heterocycles. The number of nitrogens with zero attached hydrogens (tertiary/aromatic N) is 1. The third kappa shape index (κ3) is 5.69. The molecular formula is C26H29F3N3O2S+. The van der Waals surface area contributed by atoms with Gasteiger partial charge < -0.3 is 9.80 Å². The van der Waals surface area contributed by atoms with Crippen molar-refractivity contribution in [1.82, 2.24) is 4.72 Å². The molecule has 0 saturated carbocycles. The number of quaternary nitrogens is 1. The monoisotopic (exact) mass is 504 g/mol. The number of rotatable bonds is 7. The smallest absolute Gasteiger partial charge is 0.360 e. The minimum atomic E-state index is -4.38. The second-order valence-corrected chi connectivity index (χ2v) is 10.7. The minimum Gasteiger partial charge on any atom is -0.360 e. The molecule has 0 aliphatic carbocycles. The van der Waals surface area contributed by atoms with E-state index in [1.807, 2.05) is 42.2 Å². The van der Waals surface area contributed by atoms with Crippen LogP contribution in [0.15, 0.2) is 89.8 Å². The van der Waals surface area contributed by atoms with Crippen molar-refractivity contribution in [1.29, 1.82) is 0 Å². The Balaban J connectivity index is 1.53. The topological polar surface area (TPSA) is 53.9 Å². The van der Waals surface area contributed by atoms with E-state index in [0.717, 1.165) is 11.6 Å². The van der Waals surface area contributed by atoms with Gasteiger partial charge in [-0.15, -0.1) is 0 Å². The average Bonchev–Trinajstić information content (AvgIpc) is 2.88. The van der Waals surface area contributed by atoms with Crippen LogP contribution >= 0.6 is 0 Å². The van der Waals surface area contributed by atoms with Gasteiger partial charge in [-0.3, -0.25) is 0 Å². The zero-order valence-electron chi connectivity index (χ0n) is 19.4. The molecule has 1 aliphatic rings. The summed E-state index contributed by atoms with van der Waals surface area (Å²) in [6, 6.07) is 23.4. The van der Waals surface area contributed by atoms with Gasteiger partial charge in [0, 0.05) is 11.3 Å². The maximum atomic E-state index is 13.2. The minimum absolute atomic E-state index is 0.188. The fourth-order valence-electron chi connectivity index (χ4n) is 4.63. The zero-order chi connectivity index (χ0) is 25.1. The number of piperazine rings is 1. The molecule has 1 aliphatic heterocycles. The van der Waals surface area contributed by atoms with Crippen molar-refractivity contribution in [3.8, 4) is 0 Å². The molecular weight excluding hydrogens is 475 g/mol. The highest BCUT2D eigenvalue weighted by Gasteiger charge is 2.41. The van der Waals surface area contributed by atoms with E-state index in [0.29, 0.717) is 31.9 Å². The zero-order valence-corrected chi connectivity index (χ0v) is 20.2. The molecule has 0 amide bonds. The van der Waals surface area contributed by atoms with Crippen molar-refractivity contribution in [2.75, 3.05) is 37.6 Å². The summed E-state index contributed by atoms with van der Waals surface area (Å²) in [5.41, 5.74) is 0.320.